The lowest BCUT2D eigenvalue weighted by atomic mass is 9.70. The van der Waals surface area contributed by atoms with Crippen molar-refractivity contribution in [1.29, 1.82) is 0 Å². The van der Waals surface area contributed by atoms with Crippen molar-refractivity contribution < 1.29 is 0 Å². The molecule has 10 rings (SSSR count). The molecule has 0 fully saturated rings. The summed E-state index contributed by atoms with van der Waals surface area (Å²) in [5.41, 5.74) is 19.5. The lowest BCUT2D eigenvalue weighted by Crippen LogP contribution is -2.30. The summed E-state index contributed by atoms with van der Waals surface area (Å²) >= 11 is 0. The molecule has 2 unspecified atom stereocenters. The highest BCUT2D eigenvalue weighted by atomic mass is 15.2. The molecule has 2 heteroatoms. The third-order valence-electron chi connectivity index (χ3n) is 13.5. The number of anilines is 4. The molecule has 3 aliphatic carbocycles. The summed E-state index contributed by atoms with van der Waals surface area (Å²) in [7, 11) is 0. The van der Waals surface area contributed by atoms with Crippen LogP contribution in [0.3, 0.4) is 0 Å². The summed E-state index contributed by atoms with van der Waals surface area (Å²) < 4.78 is 0. The Bertz CT molecular complexity index is 2780. The molecule has 0 bridgehead atoms. The smallest absolute Gasteiger partial charge is 0.0540 e. The molecule has 0 N–H and O–H groups in total. The first-order chi connectivity index (χ1) is 27.6. The molecule has 57 heavy (non-hydrogen) atoms. The SMILES string of the molecule is CC=C(C)N(c1ccccc1)c1cc2c(c3ccccc13)-c1cc3c(cc1C2(C)C)C1c2ccccc2C(N(c2ccccc2)c2cccc(C)c2)=CC1C3(C)C. The molecule has 0 saturated carbocycles. The highest BCUT2D eigenvalue weighted by molar-refractivity contribution is 6.09. The number of rotatable bonds is 6. The number of hydrogen-bond donors (Lipinski definition) is 0. The van der Waals surface area contributed by atoms with Crippen LogP contribution in [0.25, 0.3) is 27.6 Å². The van der Waals surface area contributed by atoms with Gasteiger partial charge in [-0.15, -0.1) is 0 Å². The Morgan fingerprint density at radius 1 is 0.579 bits per heavy atom. The summed E-state index contributed by atoms with van der Waals surface area (Å²) in [5.74, 6) is 0.536. The minimum atomic E-state index is -0.197. The second-order valence-electron chi connectivity index (χ2n) is 17.4. The van der Waals surface area contributed by atoms with Crippen molar-refractivity contribution in [3.63, 3.8) is 0 Å². The maximum absolute atomic E-state index is 2.63. The van der Waals surface area contributed by atoms with Crippen LogP contribution in [0.2, 0.25) is 0 Å². The predicted molar refractivity (Wildman–Crippen MR) is 242 cm³/mol. The third kappa shape index (κ3) is 5.23. The number of fused-ring (bicyclic) bond motifs is 10. The zero-order valence-corrected chi connectivity index (χ0v) is 34.1. The van der Waals surface area contributed by atoms with E-state index in [9.17, 15) is 0 Å². The number of hydrogen-bond acceptors (Lipinski definition) is 2. The van der Waals surface area contributed by atoms with Crippen LogP contribution in [0.15, 0.2) is 170 Å². The van der Waals surface area contributed by atoms with Gasteiger partial charge in [-0.3, -0.25) is 0 Å². The van der Waals surface area contributed by atoms with Crippen molar-refractivity contribution in [2.75, 3.05) is 9.80 Å². The van der Waals surface area contributed by atoms with E-state index >= 15 is 0 Å². The average Bonchev–Trinajstić information content (AvgIpc) is 3.59. The van der Waals surface area contributed by atoms with Crippen molar-refractivity contribution in [1.82, 2.24) is 0 Å². The summed E-state index contributed by atoms with van der Waals surface area (Å²) in [6, 6.07) is 56.7. The van der Waals surface area contributed by atoms with E-state index < -0.39 is 0 Å². The van der Waals surface area contributed by atoms with E-state index in [-0.39, 0.29) is 22.7 Å². The van der Waals surface area contributed by atoms with Crippen molar-refractivity contribution in [3.8, 4) is 11.1 Å². The van der Waals surface area contributed by atoms with Crippen molar-refractivity contribution >= 4 is 39.2 Å². The zero-order valence-electron chi connectivity index (χ0n) is 34.1. The first kappa shape index (κ1) is 35.3. The largest absolute Gasteiger partial charge is 0.314 e. The Kier molecular flexibility index (Phi) is 8.03. The van der Waals surface area contributed by atoms with Crippen LogP contribution < -0.4 is 9.80 Å². The van der Waals surface area contributed by atoms with Gasteiger partial charge >= 0.3 is 0 Å². The second kappa shape index (κ2) is 13.0. The van der Waals surface area contributed by atoms with Crippen LogP contribution in [0.5, 0.6) is 0 Å². The second-order valence-corrected chi connectivity index (χ2v) is 17.4. The maximum Gasteiger partial charge on any atom is 0.0540 e. The molecule has 7 aromatic rings. The Morgan fingerprint density at radius 3 is 1.95 bits per heavy atom. The lowest BCUT2D eigenvalue weighted by Gasteiger charge is -2.39. The van der Waals surface area contributed by atoms with E-state index in [0.29, 0.717) is 0 Å². The molecular formula is C55H50N2. The fraction of sp³-hybridized carbons (Fsp3) is 0.200. The highest BCUT2D eigenvalue weighted by Gasteiger charge is 2.51. The lowest BCUT2D eigenvalue weighted by molar-refractivity contribution is 0.389. The third-order valence-corrected chi connectivity index (χ3v) is 13.5. The Morgan fingerprint density at radius 2 is 1.23 bits per heavy atom. The molecule has 0 radical (unpaired) electrons. The average molecular weight is 739 g/mol. The van der Waals surface area contributed by atoms with Gasteiger partial charge in [0.1, 0.15) is 0 Å². The van der Waals surface area contributed by atoms with Gasteiger partial charge in [-0.2, -0.15) is 0 Å². The first-order valence-corrected chi connectivity index (χ1v) is 20.6. The monoisotopic (exact) mass is 738 g/mol. The number of benzene rings is 7. The quantitative estimate of drug-likeness (QED) is 0.168. The van der Waals surface area contributed by atoms with Gasteiger partial charge in [0, 0.05) is 45.0 Å². The topological polar surface area (TPSA) is 6.48 Å². The Balaban J connectivity index is 1.18. The molecule has 0 saturated heterocycles. The highest BCUT2D eigenvalue weighted by Crippen LogP contribution is 2.62. The van der Waals surface area contributed by atoms with Gasteiger partial charge < -0.3 is 9.80 Å². The minimum Gasteiger partial charge on any atom is -0.314 e. The molecule has 2 atom stereocenters. The first-order valence-electron chi connectivity index (χ1n) is 20.6. The van der Waals surface area contributed by atoms with Gasteiger partial charge in [0.25, 0.3) is 0 Å². The molecule has 0 aliphatic heterocycles. The van der Waals surface area contributed by atoms with Crippen LogP contribution in [0, 0.1) is 12.8 Å². The van der Waals surface area contributed by atoms with Crippen molar-refractivity contribution in [3.05, 3.63) is 208 Å². The molecule has 2 nitrogen and oxygen atoms in total. The van der Waals surface area contributed by atoms with Gasteiger partial charge in [0.2, 0.25) is 0 Å². The van der Waals surface area contributed by atoms with Crippen LogP contribution in [0.1, 0.15) is 86.4 Å². The Labute approximate surface area is 338 Å². The van der Waals surface area contributed by atoms with Gasteiger partial charge in [-0.05, 0) is 131 Å². The molecule has 3 aliphatic rings. The molecule has 280 valence electrons. The van der Waals surface area contributed by atoms with Crippen LogP contribution in [-0.4, -0.2) is 0 Å². The number of nitrogens with zero attached hydrogens (tertiary/aromatic N) is 2. The predicted octanol–water partition coefficient (Wildman–Crippen LogP) is 14.7. The Hall–Kier alpha value is -6.12. The van der Waals surface area contributed by atoms with Crippen LogP contribution in [0.4, 0.5) is 22.7 Å². The van der Waals surface area contributed by atoms with E-state index in [1.807, 2.05) is 0 Å². The fourth-order valence-corrected chi connectivity index (χ4v) is 10.5. The zero-order chi connectivity index (χ0) is 39.2. The normalized spacial score (nSPS) is 18.2. The van der Waals surface area contributed by atoms with Gasteiger partial charge in [-0.25, -0.2) is 0 Å². The minimum absolute atomic E-state index is 0.113. The summed E-state index contributed by atoms with van der Waals surface area (Å²) in [6.07, 6.45) is 4.84. The molecule has 0 heterocycles. The molecular weight excluding hydrogens is 689 g/mol. The summed E-state index contributed by atoms with van der Waals surface area (Å²) in [4.78, 5) is 4.92. The molecule has 0 amide bonds. The molecule has 0 spiro atoms. The van der Waals surface area contributed by atoms with Gasteiger partial charge in [0.05, 0.1) is 11.4 Å². The summed E-state index contributed by atoms with van der Waals surface area (Å²) in [5, 5.41) is 2.59. The summed E-state index contributed by atoms with van der Waals surface area (Å²) in [6.45, 7) is 16.4. The van der Waals surface area contributed by atoms with E-state index in [1.54, 1.807) is 0 Å². The van der Waals surface area contributed by atoms with E-state index in [0.717, 1.165) is 0 Å². The maximum atomic E-state index is 2.63. The van der Waals surface area contributed by atoms with E-state index in [1.165, 1.54) is 95.0 Å². The number of aryl methyl sites for hydroxylation is 1. The number of allylic oxidation sites excluding steroid dienone is 3. The molecule has 0 aromatic heterocycles. The van der Waals surface area contributed by atoms with Crippen LogP contribution >= 0.6 is 0 Å². The van der Waals surface area contributed by atoms with Gasteiger partial charge in [-0.1, -0.05) is 143 Å². The molecule has 7 aromatic carbocycles. The standard InChI is InChI=1S/C55H50N2/c1-8-36(3)56(37-21-11-9-12-22-37)50-33-48-52(42-28-17-15-26-40(42)50)44-31-47-45(32-46(44)54(48,4)5)53-43-29-18-16-27-41(43)51(34-49(53)55(47,6)7)57(38-23-13-10-14-24-38)39-25-19-20-35(2)30-39/h8-34,49,53H,1-7H3. The van der Waals surface area contributed by atoms with E-state index in [4.69, 9.17) is 0 Å². The van der Waals surface area contributed by atoms with Crippen LogP contribution in [-0.2, 0) is 10.8 Å². The van der Waals surface area contributed by atoms with Crippen molar-refractivity contribution in [2.45, 2.75) is 65.2 Å². The van der Waals surface area contributed by atoms with Crippen molar-refractivity contribution in [2.24, 2.45) is 5.92 Å². The van der Waals surface area contributed by atoms with Gasteiger partial charge in [0.15, 0.2) is 0 Å². The number of para-hydroxylation sites is 2. The fourth-order valence-electron chi connectivity index (χ4n) is 10.5. The van der Waals surface area contributed by atoms with E-state index in [2.05, 4.69) is 222 Å².